The third-order valence-electron chi connectivity index (χ3n) is 1.96. The van der Waals surface area contributed by atoms with Crippen LogP contribution in [0.4, 0.5) is 0 Å². The van der Waals surface area contributed by atoms with Crippen LogP contribution >= 0.6 is 0 Å². The van der Waals surface area contributed by atoms with Crippen molar-refractivity contribution in [3.05, 3.63) is 11.6 Å². The molecule has 0 unspecified atom stereocenters. The summed E-state index contributed by atoms with van der Waals surface area (Å²) in [6.45, 7) is 2.21. The highest BCUT2D eigenvalue weighted by Gasteiger charge is 2.01. The average Bonchev–Trinajstić information content (AvgIpc) is 2.28. The van der Waals surface area contributed by atoms with Crippen LogP contribution in [0.1, 0.15) is 25.7 Å². The lowest BCUT2D eigenvalue weighted by atomic mass is 10.1. The molecule has 0 spiro atoms. The van der Waals surface area contributed by atoms with Gasteiger partial charge in [-0.05, 0) is 32.4 Å². The third kappa shape index (κ3) is 3.20. The van der Waals surface area contributed by atoms with Gasteiger partial charge in [0.2, 0.25) is 0 Å². The molecule has 2 nitrogen and oxygen atoms in total. The fourth-order valence-electron chi connectivity index (χ4n) is 1.33. The van der Waals surface area contributed by atoms with Gasteiger partial charge in [-0.3, -0.25) is 0 Å². The molecule has 1 saturated heterocycles. The summed E-state index contributed by atoms with van der Waals surface area (Å²) >= 11 is 0. The summed E-state index contributed by atoms with van der Waals surface area (Å²) in [7, 11) is 0. The van der Waals surface area contributed by atoms with Crippen LogP contribution in [-0.2, 0) is 0 Å². The van der Waals surface area contributed by atoms with E-state index < -0.39 is 0 Å². The molecule has 0 bridgehead atoms. The molecule has 11 heavy (non-hydrogen) atoms. The Morgan fingerprint density at radius 2 is 2.36 bits per heavy atom. The summed E-state index contributed by atoms with van der Waals surface area (Å²) in [5, 5.41) is 11.7. The molecule has 1 aliphatic rings. The van der Waals surface area contributed by atoms with E-state index in [1.165, 1.54) is 18.4 Å². The third-order valence-corrected chi connectivity index (χ3v) is 1.96. The zero-order valence-electron chi connectivity index (χ0n) is 6.77. The van der Waals surface area contributed by atoms with Gasteiger partial charge in [-0.2, -0.15) is 5.26 Å². The second-order valence-corrected chi connectivity index (χ2v) is 2.83. The number of nitrogens with zero attached hydrogens (tertiary/aromatic N) is 1. The van der Waals surface area contributed by atoms with E-state index in [0.717, 1.165) is 19.5 Å². The molecule has 1 rings (SSSR count). The Morgan fingerprint density at radius 3 is 3.18 bits per heavy atom. The maximum absolute atomic E-state index is 8.36. The van der Waals surface area contributed by atoms with E-state index >= 15 is 0 Å². The Balaban J connectivity index is 2.37. The summed E-state index contributed by atoms with van der Waals surface area (Å²) in [5.74, 6) is 0. The average molecular weight is 150 g/mol. The zero-order valence-corrected chi connectivity index (χ0v) is 6.77. The van der Waals surface area contributed by atoms with Gasteiger partial charge < -0.3 is 5.32 Å². The normalized spacial score (nSPS) is 22.6. The highest BCUT2D eigenvalue weighted by molar-refractivity contribution is 5.06. The standard InChI is InChI=1S/C9H14N2/c10-6-1-3-9-4-2-7-11-8-5-9/h3,11H,1-2,4-5,7-8H2/b9-3-. The molecule has 0 radical (unpaired) electrons. The van der Waals surface area contributed by atoms with Crippen LogP contribution in [0, 0.1) is 11.3 Å². The van der Waals surface area contributed by atoms with Gasteiger partial charge in [0.15, 0.2) is 0 Å². The minimum absolute atomic E-state index is 0.579. The van der Waals surface area contributed by atoms with Crippen molar-refractivity contribution in [1.82, 2.24) is 5.32 Å². The topological polar surface area (TPSA) is 35.8 Å². The number of allylic oxidation sites excluding steroid dienone is 1. The molecule has 0 aromatic heterocycles. The molecule has 0 amide bonds. The summed E-state index contributed by atoms with van der Waals surface area (Å²) in [6.07, 6.45) is 6.18. The molecular formula is C9H14N2. The van der Waals surface area contributed by atoms with Crippen molar-refractivity contribution in [3.8, 4) is 6.07 Å². The fourth-order valence-corrected chi connectivity index (χ4v) is 1.33. The zero-order chi connectivity index (χ0) is 7.94. The highest BCUT2D eigenvalue weighted by atomic mass is 14.8. The molecule has 1 fully saturated rings. The lowest BCUT2D eigenvalue weighted by molar-refractivity contribution is 0.703. The Bertz CT molecular complexity index is 166. The van der Waals surface area contributed by atoms with Crippen molar-refractivity contribution in [3.63, 3.8) is 0 Å². The first-order valence-corrected chi connectivity index (χ1v) is 4.19. The molecule has 1 aliphatic heterocycles. The number of rotatable bonds is 1. The molecular weight excluding hydrogens is 136 g/mol. The van der Waals surface area contributed by atoms with Gasteiger partial charge >= 0.3 is 0 Å². The maximum atomic E-state index is 8.36. The first kappa shape index (κ1) is 8.29. The molecule has 0 aliphatic carbocycles. The van der Waals surface area contributed by atoms with Gasteiger partial charge in [-0.1, -0.05) is 11.6 Å². The smallest absolute Gasteiger partial charge is 0.0663 e. The summed E-state index contributed by atoms with van der Waals surface area (Å²) < 4.78 is 0. The minimum atomic E-state index is 0.579. The SMILES string of the molecule is N#CC/C=C1/CCCNCC1. The number of nitrogens with one attached hydrogen (secondary N) is 1. The molecule has 2 heteroatoms. The second kappa shape index (κ2) is 4.92. The number of nitriles is 1. The van der Waals surface area contributed by atoms with Crippen molar-refractivity contribution in [2.75, 3.05) is 13.1 Å². The van der Waals surface area contributed by atoms with Crippen molar-refractivity contribution in [1.29, 1.82) is 5.26 Å². The van der Waals surface area contributed by atoms with E-state index in [0.29, 0.717) is 6.42 Å². The van der Waals surface area contributed by atoms with Crippen LogP contribution in [0.15, 0.2) is 11.6 Å². The van der Waals surface area contributed by atoms with Crippen LogP contribution in [0.3, 0.4) is 0 Å². The van der Waals surface area contributed by atoms with Crippen molar-refractivity contribution in [2.45, 2.75) is 25.7 Å². The van der Waals surface area contributed by atoms with E-state index in [1.54, 1.807) is 0 Å². The van der Waals surface area contributed by atoms with Crippen molar-refractivity contribution in [2.24, 2.45) is 0 Å². The molecule has 1 N–H and O–H groups in total. The molecule has 60 valence electrons. The van der Waals surface area contributed by atoms with Crippen molar-refractivity contribution < 1.29 is 0 Å². The Morgan fingerprint density at radius 1 is 1.45 bits per heavy atom. The predicted molar refractivity (Wildman–Crippen MR) is 45.0 cm³/mol. The highest BCUT2D eigenvalue weighted by Crippen LogP contribution is 2.12. The lowest BCUT2D eigenvalue weighted by Gasteiger charge is -1.98. The summed E-state index contributed by atoms with van der Waals surface area (Å²) in [6, 6.07) is 2.14. The molecule has 0 atom stereocenters. The number of hydrogen-bond donors (Lipinski definition) is 1. The Labute approximate surface area is 67.9 Å². The van der Waals surface area contributed by atoms with E-state index in [-0.39, 0.29) is 0 Å². The van der Waals surface area contributed by atoms with E-state index in [2.05, 4.69) is 17.5 Å². The molecule has 0 aromatic carbocycles. The first-order valence-electron chi connectivity index (χ1n) is 4.19. The van der Waals surface area contributed by atoms with Gasteiger partial charge in [0.05, 0.1) is 12.5 Å². The van der Waals surface area contributed by atoms with Crippen LogP contribution < -0.4 is 5.32 Å². The predicted octanol–water partition coefficient (Wildman–Crippen LogP) is 1.60. The largest absolute Gasteiger partial charge is 0.316 e. The van der Waals surface area contributed by atoms with Crippen LogP contribution in [0.5, 0.6) is 0 Å². The molecule has 0 aromatic rings. The van der Waals surface area contributed by atoms with Gasteiger partial charge in [-0.25, -0.2) is 0 Å². The fraction of sp³-hybridized carbons (Fsp3) is 0.667. The van der Waals surface area contributed by atoms with Crippen LogP contribution in [-0.4, -0.2) is 13.1 Å². The van der Waals surface area contributed by atoms with Gasteiger partial charge in [0, 0.05) is 0 Å². The van der Waals surface area contributed by atoms with Crippen molar-refractivity contribution >= 4 is 0 Å². The Kier molecular flexibility index (Phi) is 3.71. The van der Waals surface area contributed by atoms with Gasteiger partial charge in [0.25, 0.3) is 0 Å². The van der Waals surface area contributed by atoms with E-state index in [1.807, 2.05) is 0 Å². The summed E-state index contributed by atoms with van der Waals surface area (Å²) in [5.41, 5.74) is 1.46. The van der Waals surface area contributed by atoms with Crippen LogP contribution in [0.2, 0.25) is 0 Å². The maximum Gasteiger partial charge on any atom is 0.0663 e. The van der Waals surface area contributed by atoms with E-state index in [4.69, 9.17) is 5.26 Å². The summed E-state index contributed by atoms with van der Waals surface area (Å²) in [4.78, 5) is 0. The Hall–Kier alpha value is -0.810. The first-order chi connectivity index (χ1) is 5.43. The molecule has 0 saturated carbocycles. The second-order valence-electron chi connectivity index (χ2n) is 2.83. The lowest BCUT2D eigenvalue weighted by Crippen LogP contribution is -2.13. The van der Waals surface area contributed by atoms with Gasteiger partial charge in [-0.15, -0.1) is 0 Å². The minimum Gasteiger partial charge on any atom is -0.316 e. The monoisotopic (exact) mass is 150 g/mol. The number of hydrogen-bond acceptors (Lipinski definition) is 2. The van der Waals surface area contributed by atoms with E-state index in [9.17, 15) is 0 Å². The quantitative estimate of drug-likeness (QED) is 0.576. The van der Waals surface area contributed by atoms with Gasteiger partial charge in [0.1, 0.15) is 0 Å². The molecule has 1 heterocycles. The van der Waals surface area contributed by atoms with Crippen LogP contribution in [0.25, 0.3) is 0 Å².